The smallest absolute Gasteiger partial charge is 0.306 e. The average Bonchev–Trinajstić information content (AvgIpc) is 3.81. The van der Waals surface area contributed by atoms with E-state index in [0.717, 1.165) is 103 Å². The number of aliphatic hydroxyl groups excluding tert-OH is 1. The van der Waals surface area contributed by atoms with E-state index in [-0.39, 0.29) is 30.6 Å². The van der Waals surface area contributed by atoms with Crippen LogP contribution in [0.4, 0.5) is 0 Å². The predicted octanol–water partition coefficient (Wildman–Crippen LogP) is 12.8. The van der Waals surface area contributed by atoms with Crippen LogP contribution in [0.15, 0.2) is 18.5 Å². The summed E-state index contributed by atoms with van der Waals surface area (Å²) in [6.45, 7) is 10.4. The molecule has 10 heteroatoms. The van der Waals surface area contributed by atoms with E-state index in [1.807, 2.05) is 0 Å². The van der Waals surface area contributed by atoms with Gasteiger partial charge in [-0.2, -0.15) is 0 Å². The third-order valence-electron chi connectivity index (χ3n) is 12.0. The van der Waals surface area contributed by atoms with Crippen molar-refractivity contribution in [2.45, 2.75) is 245 Å². The highest BCUT2D eigenvalue weighted by atomic mass is 16.5. The van der Waals surface area contributed by atoms with E-state index < -0.39 is 6.10 Å². The molecule has 62 heavy (non-hydrogen) atoms. The Morgan fingerprint density at radius 2 is 1.10 bits per heavy atom. The molecular weight excluding hydrogens is 779 g/mol. The number of rotatable bonds is 47. The van der Waals surface area contributed by atoms with Crippen LogP contribution in [0.3, 0.4) is 0 Å². The molecule has 0 aliphatic heterocycles. The van der Waals surface area contributed by atoms with Gasteiger partial charge in [-0.25, -0.2) is 0 Å². The third kappa shape index (κ3) is 37.0. The molecule has 0 bridgehead atoms. The second-order valence-corrected chi connectivity index (χ2v) is 18.0. The maximum Gasteiger partial charge on any atom is 0.306 e. The van der Waals surface area contributed by atoms with E-state index in [1.54, 1.807) is 18.5 Å². The highest BCUT2D eigenvalue weighted by Crippen LogP contribution is 2.19. The molecule has 3 N–H and O–H groups in total. The first-order valence-electron chi connectivity index (χ1n) is 26.1. The number of aliphatic hydroxyl groups is 1. The van der Waals surface area contributed by atoms with Gasteiger partial charge in [0.25, 0.3) is 5.91 Å². The molecule has 0 aliphatic rings. The number of aromatic amines is 1. The van der Waals surface area contributed by atoms with E-state index in [4.69, 9.17) is 14.2 Å². The minimum absolute atomic E-state index is 0.0237. The number of ether oxygens (including phenoxy) is 3. The molecule has 0 saturated heterocycles. The molecule has 1 unspecified atom stereocenters. The first kappa shape index (κ1) is 57.6. The SMILES string of the molecule is CCCCCCCCCCCOC(=O)CCCCCN(CCCCCCCC(=O)OC(CCCCCCCC)CCCCCCCC)CC(O)COCCNC(=O)c1cc[nH]c1. The molecule has 362 valence electrons. The number of hydrogen-bond donors (Lipinski definition) is 3. The minimum atomic E-state index is -0.636. The Labute approximate surface area is 380 Å². The van der Waals surface area contributed by atoms with Gasteiger partial charge in [0.05, 0.1) is 31.5 Å². The van der Waals surface area contributed by atoms with Gasteiger partial charge >= 0.3 is 11.9 Å². The fourth-order valence-corrected chi connectivity index (χ4v) is 8.07. The molecule has 1 aromatic rings. The predicted molar refractivity (Wildman–Crippen MR) is 257 cm³/mol. The van der Waals surface area contributed by atoms with Crippen molar-refractivity contribution >= 4 is 17.8 Å². The minimum Gasteiger partial charge on any atom is -0.466 e. The van der Waals surface area contributed by atoms with Crippen molar-refractivity contribution in [3.63, 3.8) is 0 Å². The lowest BCUT2D eigenvalue weighted by molar-refractivity contribution is -0.150. The maximum absolute atomic E-state index is 12.9. The van der Waals surface area contributed by atoms with Crippen LogP contribution in [0.1, 0.15) is 243 Å². The van der Waals surface area contributed by atoms with Crippen LogP contribution in [-0.2, 0) is 23.8 Å². The Morgan fingerprint density at radius 1 is 0.613 bits per heavy atom. The van der Waals surface area contributed by atoms with Gasteiger partial charge < -0.3 is 34.5 Å². The fourth-order valence-electron chi connectivity index (χ4n) is 8.07. The summed E-state index contributed by atoms with van der Waals surface area (Å²) in [5.41, 5.74) is 0.579. The molecule has 0 radical (unpaired) electrons. The standard InChI is InChI=1S/C52H97N3O7/c1-4-7-10-13-16-17-18-24-32-42-61-50(57)35-29-25-31-41-55(45-48(56)46-60-43-39-54-52(59)47-37-38-53-44-47)40-30-23-19-22-28-36-51(58)62-49(33-26-20-14-11-8-5-2)34-27-21-15-12-9-6-3/h37-38,44,48-49,53,56H,4-36,39-43,45-46H2,1-3H3,(H,54,59). The van der Waals surface area contributed by atoms with Gasteiger partial charge in [-0.1, -0.05) is 162 Å². The molecular formula is C52H97N3O7. The largest absolute Gasteiger partial charge is 0.466 e. The Morgan fingerprint density at radius 3 is 1.65 bits per heavy atom. The third-order valence-corrected chi connectivity index (χ3v) is 12.0. The molecule has 10 nitrogen and oxygen atoms in total. The van der Waals surface area contributed by atoms with Crippen LogP contribution in [0.25, 0.3) is 0 Å². The van der Waals surface area contributed by atoms with Gasteiger partial charge in [0, 0.05) is 38.3 Å². The molecule has 1 atom stereocenters. The van der Waals surface area contributed by atoms with Gasteiger partial charge in [0.1, 0.15) is 6.10 Å². The van der Waals surface area contributed by atoms with Gasteiger partial charge in [0.15, 0.2) is 0 Å². The zero-order chi connectivity index (χ0) is 45.0. The van der Waals surface area contributed by atoms with E-state index in [1.165, 1.54) is 109 Å². The number of H-pyrrole nitrogens is 1. The summed E-state index contributed by atoms with van der Waals surface area (Å²) in [4.78, 5) is 42.5. The van der Waals surface area contributed by atoms with Crippen molar-refractivity contribution < 1.29 is 33.7 Å². The molecule has 0 fully saturated rings. The van der Waals surface area contributed by atoms with Gasteiger partial charge in [-0.15, -0.1) is 0 Å². The van der Waals surface area contributed by atoms with Crippen LogP contribution >= 0.6 is 0 Å². The molecule has 1 amide bonds. The van der Waals surface area contributed by atoms with Gasteiger partial charge in [0.2, 0.25) is 0 Å². The molecule has 0 aliphatic carbocycles. The van der Waals surface area contributed by atoms with Crippen LogP contribution in [0.2, 0.25) is 0 Å². The monoisotopic (exact) mass is 876 g/mol. The number of aromatic nitrogens is 1. The van der Waals surface area contributed by atoms with Crippen molar-refractivity contribution in [3.8, 4) is 0 Å². The molecule has 0 saturated carbocycles. The van der Waals surface area contributed by atoms with Crippen molar-refractivity contribution in [2.24, 2.45) is 0 Å². The summed E-state index contributed by atoms with van der Waals surface area (Å²) in [7, 11) is 0. The molecule has 1 aromatic heterocycles. The summed E-state index contributed by atoms with van der Waals surface area (Å²) in [6, 6.07) is 1.72. The van der Waals surface area contributed by atoms with E-state index in [0.29, 0.717) is 44.7 Å². The normalized spacial score (nSPS) is 12.0. The summed E-state index contributed by atoms with van der Waals surface area (Å²) >= 11 is 0. The number of nitrogens with zero attached hydrogens (tertiary/aromatic N) is 1. The number of nitrogens with one attached hydrogen (secondary N) is 2. The molecule has 1 rings (SSSR count). The van der Waals surface area contributed by atoms with Crippen molar-refractivity contribution in [3.05, 3.63) is 24.0 Å². The van der Waals surface area contributed by atoms with Crippen LogP contribution in [0, 0.1) is 0 Å². The Balaban J connectivity index is 2.39. The number of carbonyl (C=O) groups excluding carboxylic acids is 3. The summed E-state index contributed by atoms with van der Waals surface area (Å²) in [5.74, 6) is -0.267. The lowest BCUT2D eigenvalue weighted by atomic mass is 10.0. The average molecular weight is 876 g/mol. The Kier molecular flexibility index (Phi) is 40.7. The second-order valence-electron chi connectivity index (χ2n) is 18.0. The number of unbranched alkanes of at least 4 members (excludes halogenated alkanes) is 24. The second kappa shape index (κ2) is 43.8. The molecule has 0 aromatic carbocycles. The lowest BCUT2D eigenvalue weighted by Gasteiger charge is -2.25. The summed E-state index contributed by atoms with van der Waals surface area (Å²) in [6.07, 6.45) is 39.9. The zero-order valence-corrected chi connectivity index (χ0v) is 40.5. The first-order chi connectivity index (χ1) is 30.4. The molecule has 1 heterocycles. The van der Waals surface area contributed by atoms with Crippen LogP contribution in [0.5, 0.6) is 0 Å². The number of esters is 2. The van der Waals surface area contributed by atoms with Crippen molar-refractivity contribution in [1.29, 1.82) is 0 Å². The van der Waals surface area contributed by atoms with Gasteiger partial charge in [-0.3, -0.25) is 14.4 Å². The van der Waals surface area contributed by atoms with E-state index in [2.05, 4.69) is 36.0 Å². The highest BCUT2D eigenvalue weighted by Gasteiger charge is 2.16. The topological polar surface area (TPSA) is 130 Å². The maximum atomic E-state index is 12.9. The lowest BCUT2D eigenvalue weighted by Crippen LogP contribution is -2.37. The van der Waals surface area contributed by atoms with E-state index >= 15 is 0 Å². The number of amides is 1. The first-order valence-corrected chi connectivity index (χ1v) is 26.1. The van der Waals surface area contributed by atoms with E-state index in [9.17, 15) is 19.5 Å². The Bertz CT molecular complexity index is 1120. The van der Waals surface area contributed by atoms with Crippen molar-refractivity contribution in [1.82, 2.24) is 15.2 Å². The van der Waals surface area contributed by atoms with Gasteiger partial charge in [-0.05, 0) is 76.9 Å². The molecule has 0 spiro atoms. The Hall–Kier alpha value is -2.43. The zero-order valence-electron chi connectivity index (χ0n) is 40.5. The number of hydrogen-bond acceptors (Lipinski definition) is 8. The quantitative estimate of drug-likeness (QED) is 0.0436. The van der Waals surface area contributed by atoms with Crippen molar-refractivity contribution in [2.75, 3.05) is 46.0 Å². The summed E-state index contributed by atoms with van der Waals surface area (Å²) < 4.78 is 17.3. The fraction of sp³-hybridized carbons (Fsp3) is 0.865. The number of carbonyl (C=O) groups is 3. The van der Waals surface area contributed by atoms with Crippen LogP contribution in [-0.4, -0.2) is 91.0 Å². The summed E-state index contributed by atoms with van der Waals surface area (Å²) in [5, 5.41) is 13.7. The van der Waals surface area contributed by atoms with Crippen LogP contribution < -0.4 is 5.32 Å². The highest BCUT2D eigenvalue weighted by molar-refractivity contribution is 5.93.